The Labute approximate surface area is 186 Å². The lowest BCUT2D eigenvalue weighted by Gasteiger charge is -2.37. The summed E-state index contributed by atoms with van der Waals surface area (Å²) in [5.41, 5.74) is 3.14. The van der Waals surface area contributed by atoms with Gasteiger partial charge in [0, 0.05) is 62.7 Å². The fourth-order valence-electron chi connectivity index (χ4n) is 4.69. The lowest BCUT2D eigenvalue weighted by Crippen LogP contribution is -2.43. The van der Waals surface area contributed by atoms with Crippen molar-refractivity contribution in [1.29, 1.82) is 0 Å². The molecule has 32 heavy (non-hydrogen) atoms. The molecule has 1 N–H and O–H groups in total. The van der Waals surface area contributed by atoms with E-state index < -0.39 is 0 Å². The van der Waals surface area contributed by atoms with E-state index in [4.69, 9.17) is 9.97 Å². The summed E-state index contributed by atoms with van der Waals surface area (Å²) in [5, 5.41) is 3.46. The monoisotopic (exact) mass is 430 g/mol. The topological polar surface area (TPSA) is 83.4 Å². The van der Waals surface area contributed by atoms with Crippen molar-refractivity contribution in [3.63, 3.8) is 0 Å². The fourth-order valence-corrected chi connectivity index (χ4v) is 4.69. The molecule has 2 aromatic heterocycles. The predicted molar refractivity (Wildman–Crippen MR) is 123 cm³/mol. The summed E-state index contributed by atoms with van der Waals surface area (Å²) in [6, 6.07) is 13.0. The first kappa shape index (κ1) is 20.2. The molecule has 8 heteroatoms. The van der Waals surface area contributed by atoms with E-state index in [0.29, 0.717) is 17.9 Å². The number of aromatic nitrogens is 3. The SMILES string of the molecule is CN(C)c1nc2c(c(Nc3ccccc3)n1)[C@@H]1CC[C@@H](C2)N1C(=O)c1ccn(C)c(=O)c1. The summed E-state index contributed by atoms with van der Waals surface area (Å²) in [6.45, 7) is 0. The first-order chi connectivity index (χ1) is 15.4. The summed E-state index contributed by atoms with van der Waals surface area (Å²) in [5.74, 6) is 1.27. The quantitative estimate of drug-likeness (QED) is 0.685. The fraction of sp³-hybridized carbons (Fsp3) is 0.333. The summed E-state index contributed by atoms with van der Waals surface area (Å²) >= 11 is 0. The van der Waals surface area contributed by atoms with Gasteiger partial charge in [-0.05, 0) is 31.0 Å². The first-order valence-electron chi connectivity index (χ1n) is 10.8. The number of nitrogens with one attached hydrogen (secondary N) is 1. The molecule has 1 amide bonds. The Morgan fingerprint density at radius 2 is 1.91 bits per heavy atom. The first-order valence-corrected chi connectivity index (χ1v) is 10.8. The molecule has 4 heterocycles. The molecule has 0 radical (unpaired) electrons. The minimum Gasteiger partial charge on any atom is -0.347 e. The minimum atomic E-state index is -0.189. The highest BCUT2D eigenvalue weighted by atomic mass is 16.2. The van der Waals surface area contributed by atoms with E-state index in [9.17, 15) is 9.59 Å². The van der Waals surface area contributed by atoms with Gasteiger partial charge in [0.2, 0.25) is 5.95 Å². The average Bonchev–Trinajstić information content (AvgIpc) is 3.09. The Balaban J connectivity index is 1.58. The number of hydrogen-bond donors (Lipinski definition) is 1. The van der Waals surface area contributed by atoms with Crippen molar-refractivity contribution in [3.05, 3.63) is 75.8 Å². The van der Waals surface area contributed by atoms with Crippen molar-refractivity contribution < 1.29 is 4.79 Å². The number of para-hydroxylation sites is 1. The predicted octanol–water partition coefficient (Wildman–Crippen LogP) is 2.89. The normalized spacial score (nSPS) is 18.9. The van der Waals surface area contributed by atoms with E-state index in [1.807, 2.05) is 54.2 Å². The van der Waals surface area contributed by atoms with Crippen LogP contribution >= 0.6 is 0 Å². The molecular formula is C24H26N6O2. The van der Waals surface area contributed by atoms with Crippen molar-refractivity contribution in [2.24, 2.45) is 7.05 Å². The molecule has 0 spiro atoms. The maximum Gasteiger partial charge on any atom is 0.254 e. The number of carbonyl (C=O) groups excluding carboxylic acids is 1. The van der Waals surface area contributed by atoms with Gasteiger partial charge in [-0.15, -0.1) is 0 Å². The van der Waals surface area contributed by atoms with E-state index in [2.05, 4.69) is 5.32 Å². The Morgan fingerprint density at radius 3 is 2.62 bits per heavy atom. The smallest absolute Gasteiger partial charge is 0.254 e. The second-order valence-corrected chi connectivity index (χ2v) is 8.65. The lowest BCUT2D eigenvalue weighted by molar-refractivity contribution is 0.0644. The molecule has 2 atom stereocenters. The van der Waals surface area contributed by atoms with Crippen molar-refractivity contribution in [2.45, 2.75) is 31.3 Å². The third kappa shape index (κ3) is 3.41. The van der Waals surface area contributed by atoms with Crippen LogP contribution in [0.3, 0.4) is 0 Å². The van der Waals surface area contributed by atoms with Gasteiger partial charge in [0.15, 0.2) is 0 Å². The second kappa shape index (κ2) is 7.78. The Morgan fingerprint density at radius 1 is 1.12 bits per heavy atom. The molecule has 1 saturated heterocycles. The zero-order valence-corrected chi connectivity index (χ0v) is 18.4. The van der Waals surface area contributed by atoms with Crippen LogP contribution in [0, 0.1) is 0 Å². The van der Waals surface area contributed by atoms with E-state index in [1.54, 1.807) is 19.3 Å². The standard InChI is InChI=1S/C24H26N6O2/c1-28(2)24-26-18-14-17-9-10-19(21(18)22(27-24)25-16-7-5-4-6-8-16)30(17)23(32)15-11-12-29(3)20(31)13-15/h4-8,11-13,17,19H,9-10,14H2,1-3H3,(H,25,26,27)/t17-,19-/m0/s1. The van der Waals surface area contributed by atoms with Gasteiger partial charge < -0.3 is 19.7 Å². The van der Waals surface area contributed by atoms with Gasteiger partial charge in [0.1, 0.15) is 5.82 Å². The van der Waals surface area contributed by atoms with Crippen molar-refractivity contribution in [1.82, 2.24) is 19.4 Å². The maximum absolute atomic E-state index is 13.5. The molecule has 0 unspecified atom stereocenters. The minimum absolute atomic E-state index is 0.0681. The number of anilines is 3. The summed E-state index contributed by atoms with van der Waals surface area (Å²) in [4.78, 5) is 39.1. The number of nitrogens with zero attached hydrogens (tertiary/aromatic N) is 5. The van der Waals surface area contributed by atoms with Crippen LogP contribution in [0.1, 0.15) is 40.5 Å². The van der Waals surface area contributed by atoms with Crippen LogP contribution in [0.4, 0.5) is 17.5 Å². The molecule has 3 aromatic rings. The van der Waals surface area contributed by atoms with Gasteiger partial charge >= 0.3 is 0 Å². The van der Waals surface area contributed by atoms with Crippen molar-refractivity contribution in [2.75, 3.05) is 24.3 Å². The highest BCUT2D eigenvalue weighted by molar-refractivity contribution is 5.95. The molecule has 1 fully saturated rings. The van der Waals surface area contributed by atoms with Gasteiger partial charge in [-0.25, -0.2) is 4.98 Å². The Hall–Kier alpha value is -3.68. The largest absolute Gasteiger partial charge is 0.347 e. The zero-order valence-electron chi connectivity index (χ0n) is 18.4. The number of pyridine rings is 1. The second-order valence-electron chi connectivity index (χ2n) is 8.65. The van der Waals surface area contributed by atoms with Crippen LogP contribution in [0.2, 0.25) is 0 Å². The van der Waals surface area contributed by atoms with E-state index in [1.165, 1.54) is 10.6 Å². The average molecular weight is 431 g/mol. The van der Waals surface area contributed by atoms with Crippen LogP contribution in [-0.2, 0) is 13.5 Å². The number of aryl methyl sites for hydroxylation is 1. The molecule has 0 aliphatic carbocycles. The number of carbonyl (C=O) groups is 1. The van der Waals surface area contributed by atoms with Gasteiger partial charge in [-0.2, -0.15) is 4.98 Å². The van der Waals surface area contributed by atoms with Gasteiger partial charge in [0.05, 0.1) is 11.7 Å². The lowest BCUT2D eigenvalue weighted by atomic mass is 9.97. The van der Waals surface area contributed by atoms with Gasteiger partial charge in [-0.1, -0.05) is 18.2 Å². The number of hydrogen-bond acceptors (Lipinski definition) is 6. The van der Waals surface area contributed by atoms with Crippen molar-refractivity contribution in [3.8, 4) is 0 Å². The molecule has 2 aliphatic heterocycles. The third-order valence-corrected chi connectivity index (χ3v) is 6.30. The molecule has 164 valence electrons. The van der Waals surface area contributed by atoms with Gasteiger partial charge in [-0.3, -0.25) is 9.59 Å². The van der Waals surface area contributed by atoms with Crippen LogP contribution in [0.15, 0.2) is 53.5 Å². The van der Waals surface area contributed by atoms with Crippen molar-refractivity contribution >= 4 is 23.4 Å². The number of fused-ring (bicyclic) bond motifs is 4. The molecule has 2 bridgehead atoms. The third-order valence-electron chi connectivity index (χ3n) is 6.30. The highest BCUT2D eigenvalue weighted by Crippen LogP contribution is 2.47. The highest BCUT2D eigenvalue weighted by Gasteiger charge is 2.45. The van der Waals surface area contributed by atoms with Crippen LogP contribution < -0.4 is 15.8 Å². The van der Waals surface area contributed by atoms with Crippen LogP contribution in [0.25, 0.3) is 0 Å². The number of benzene rings is 1. The maximum atomic E-state index is 13.5. The van der Waals surface area contributed by atoms with Crippen LogP contribution in [-0.4, -0.2) is 45.5 Å². The Kier molecular flexibility index (Phi) is 4.92. The summed E-state index contributed by atoms with van der Waals surface area (Å²) in [7, 11) is 5.53. The van der Waals surface area contributed by atoms with E-state index in [0.717, 1.165) is 35.6 Å². The molecule has 1 aromatic carbocycles. The van der Waals surface area contributed by atoms with Gasteiger partial charge in [0.25, 0.3) is 11.5 Å². The van der Waals surface area contributed by atoms with E-state index in [-0.39, 0.29) is 23.6 Å². The molecule has 5 rings (SSSR count). The molecular weight excluding hydrogens is 404 g/mol. The zero-order chi connectivity index (χ0) is 22.4. The Bertz CT molecular complexity index is 1240. The number of amides is 1. The summed E-state index contributed by atoms with van der Waals surface area (Å²) < 4.78 is 1.47. The van der Waals surface area contributed by atoms with E-state index >= 15 is 0 Å². The number of rotatable bonds is 4. The molecule has 8 nitrogen and oxygen atoms in total. The summed E-state index contributed by atoms with van der Waals surface area (Å²) in [6.07, 6.45) is 4.07. The molecule has 2 aliphatic rings. The van der Waals surface area contributed by atoms with Crippen LogP contribution in [0.5, 0.6) is 0 Å². The molecule has 0 saturated carbocycles.